The molecule has 7 nitrogen and oxygen atoms in total. The average Bonchev–Trinajstić information content (AvgIpc) is 3.36. The van der Waals surface area contributed by atoms with Gasteiger partial charge < -0.3 is 14.8 Å². The fraction of sp³-hybridized carbons (Fsp3) is 0.385. The summed E-state index contributed by atoms with van der Waals surface area (Å²) in [6, 6.07) is 13.9. The molecule has 2 aliphatic heterocycles. The van der Waals surface area contributed by atoms with Crippen LogP contribution >= 0.6 is 11.8 Å². The zero-order chi connectivity index (χ0) is 23.7. The number of nitrogens with one attached hydrogen (secondary N) is 1. The molecule has 1 aromatic heterocycles. The van der Waals surface area contributed by atoms with E-state index in [2.05, 4.69) is 20.1 Å². The SMILES string of the molecule is CSc1ccc(N2CC(C(=O)Nc3cc(-c4nnc5n4CCCCC5)ccc3C)CC2=O)cc1. The van der Waals surface area contributed by atoms with Gasteiger partial charge >= 0.3 is 0 Å². The van der Waals surface area contributed by atoms with E-state index < -0.39 is 0 Å². The zero-order valence-corrected chi connectivity index (χ0v) is 20.4. The van der Waals surface area contributed by atoms with Gasteiger partial charge in [0.25, 0.3) is 0 Å². The maximum absolute atomic E-state index is 13.1. The Bertz CT molecular complexity index is 1220. The van der Waals surface area contributed by atoms with E-state index >= 15 is 0 Å². The highest BCUT2D eigenvalue weighted by atomic mass is 32.2. The molecule has 1 unspecified atom stereocenters. The molecule has 8 heteroatoms. The molecule has 3 heterocycles. The summed E-state index contributed by atoms with van der Waals surface area (Å²) in [7, 11) is 0. The first-order valence-electron chi connectivity index (χ1n) is 11.8. The molecule has 2 amide bonds. The molecule has 5 rings (SSSR count). The van der Waals surface area contributed by atoms with E-state index in [1.54, 1.807) is 16.7 Å². The van der Waals surface area contributed by atoms with Crippen LogP contribution in [0.2, 0.25) is 0 Å². The van der Waals surface area contributed by atoms with Crippen molar-refractivity contribution in [1.29, 1.82) is 0 Å². The van der Waals surface area contributed by atoms with Crippen molar-refractivity contribution >= 4 is 35.0 Å². The monoisotopic (exact) mass is 475 g/mol. The molecule has 2 aromatic carbocycles. The van der Waals surface area contributed by atoms with E-state index in [4.69, 9.17) is 0 Å². The first-order valence-corrected chi connectivity index (χ1v) is 13.0. The minimum absolute atomic E-state index is 0.0197. The minimum atomic E-state index is -0.389. The first-order chi connectivity index (χ1) is 16.5. The third-order valence-corrected chi connectivity index (χ3v) is 7.49. The predicted molar refractivity (Wildman–Crippen MR) is 135 cm³/mol. The molecule has 1 saturated heterocycles. The van der Waals surface area contributed by atoms with Crippen molar-refractivity contribution in [3.8, 4) is 11.4 Å². The van der Waals surface area contributed by atoms with E-state index in [0.717, 1.165) is 64.9 Å². The van der Waals surface area contributed by atoms with Crippen LogP contribution in [0.1, 0.15) is 37.1 Å². The Morgan fingerprint density at radius 3 is 2.71 bits per heavy atom. The lowest BCUT2D eigenvalue weighted by atomic mass is 10.1. The number of aryl methyl sites for hydroxylation is 2. The van der Waals surface area contributed by atoms with Crippen molar-refractivity contribution in [2.24, 2.45) is 5.92 Å². The van der Waals surface area contributed by atoms with Crippen LogP contribution in [0.3, 0.4) is 0 Å². The fourth-order valence-corrected chi connectivity index (χ4v) is 5.13. The minimum Gasteiger partial charge on any atom is -0.326 e. The second-order valence-corrected chi connectivity index (χ2v) is 9.90. The van der Waals surface area contributed by atoms with Gasteiger partial charge in [-0.15, -0.1) is 22.0 Å². The molecular weight excluding hydrogens is 446 g/mol. The number of thioether (sulfide) groups is 1. The number of aromatic nitrogens is 3. The molecule has 0 spiro atoms. The highest BCUT2D eigenvalue weighted by Crippen LogP contribution is 2.30. The smallest absolute Gasteiger partial charge is 0.229 e. The topological polar surface area (TPSA) is 80.1 Å². The maximum Gasteiger partial charge on any atom is 0.229 e. The highest BCUT2D eigenvalue weighted by molar-refractivity contribution is 7.98. The Hall–Kier alpha value is -3.13. The Labute approximate surface area is 203 Å². The number of anilines is 2. The van der Waals surface area contributed by atoms with Gasteiger partial charge in [0, 0.05) is 47.8 Å². The standard InChI is InChI=1S/C26H29N5O2S/c1-17-7-8-18(25-29-28-23-6-4-3-5-13-30(23)25)14-22(17)27-26(33)19-15-24(32)31(16-19)20-9-11-21(34-2)12-10-20/h7-12,14,19H,3-6,13,15-16H2,1-2H3,(H,27,33). The highest BCUT2D eigenvalue weighted by Gasteiger charge is 2.35. The molecular formula is C26H29N5O2S. The largest absolute Gasteiger partial charge is 0.326 e. The van der Waals surface area contributed by atoms with E-state index in [-0.39, 0.29) is 24.2 Å². The fourth-order valence-electron chi connectivity index (χ4n) is 4.72. The Morgan fingerprint density at radius 1 is 1.09 bits per heavy atom. The quantitative estimate of drug-likeness (QED) is 0.542. The van der Waals surface area contributed by atoms with Crippen molar-refractivity contribution in [2.45, 2.75) is 50.5 Å². The third kappa shape index (κ3) is 4.46. The van der Waals surface area contributed by atoms with Crippen LogP contribution in [0.25, 0.3) is 11.4 Å². The summed E-state index contributed by atoms with van der Waals surface area (Å²) in [6.07, 6.45) is 6.66. The average molecular weight is 476 g/mol. The van der Waals surface area contributed by atoms with E-state index in [0.29, 0.717) is 6.54 Å². The van der Waals surface area contributed by atoms with Gasteiger partial charge in [0.05, 0.1) is 5.92 Å². The van der Waals surface area contributed by atoms with Gasteiger partial charge in [-0.05, 0) is 61.9 Å². The van der Waals surface area contributed by atoms with Gasteiger partial charge in [-0.3, -0.25) is 9.59 Å². The summed E-state index contributed by atoms with van der Waals surface area (Å²) < 4.78 is 2.21. The number of hydrogen-bond acceptors (Lipinski definition) is 5. The first kappa shape index (κ1) is 22.7. The molecule has 176 valence electrons. The Morgan fingerprint density at radius 2 is 1.91 bits per heavy atom. The molecule has 0 saturated carbocycles. The molecule has 1 atom stereocenters. The van der Waals surface area contributed by atoms with Crippen molar-refractivity contribution in [3.63, 3.8) is 0 Å². The summed E-state index contributed by atoms with van der Waals surface area (Å²) in [4.78, 5) is 28.7. The molecule has 2 aliphatic rings. The van der Waals surface area contributed by atoms with Gasteiger partial charge in [0.1, 0.15) is 5.82 Å². The maximum atomic E-state index is 13.1. The number of carbonyl (C=O) groups excluding carboxylic acids is 2. The van der Waals surface area contributed by atoms with Crippen LogP contribution in [0.15, 0.2) is 47.4 Å². The van der Waals surface area contributed by atoms with Crippen LogP contribution < -0.4 is 10.2 Å². The molecule has 0 radical (unpaired) electrons. The predicted octanol–water partition coefficient (Wildman–Crippen LogP) is 4.69. The molecule has 34 heavy (non-hydrogen) atoms. The normalized spacial score (nSPS) is 18.0. The number of benzene rings is 2. The Balaban J connectivity index is 1.32. The number of nitrogens with zero attached hydrogens (tertiary/aromatic N) is 4. The Kier molecular flexibility index (Phi) is 6.41. The molecule has 1 N–H and O–H groups in total. The van der Waals surface area contributed by atoms with Gasteiger partial charge in [-0.1, -0.05) is 18.6 Å². The van der Waals surface area contributed by atoms with E-state index in [1.165, 1.54) is 6.42 Å². The molecule has 3 aromatic rings. The number of rotatable bonds is 5. The number of fused-ring (bicyclic) bond motifs is 1. The lowest BCUT2D eigenvalue weighted by molar-refractivity contribution is -0.122. The van der Waals surface area contributed by atoms with Crippen LogP contribution in [0, 0.1) is 12.8 Å². The summed E-state index contributed by atoms with van der Waals surface area (Å²) in [5, 5.41) is 11.9. The van der Waals surface area contributed by atoms with Gasteiger partial charge in [-0.2, -0.15) is 0 Å². The lowest BCUT2D eigenvalue weighted by Crippen LogP contribution is -2.28. The van der Waals surface area contributed by atoms with E-state index in [1.807, 2.05) is 55.6 Å². The van der Waals surface area contributed by atoms with Crippen molar-refractivity contribution in [1.82, 2.24) is 14.8 Å². The summed E-state index contributed by atoms with van der Waals surface area (Å²) in [5.41, 5.74) is 3.51. The number of carbonyl (C=O) groups is 2. The summed E-state index contributed by atoms with van der Waals surface area (Å²) >= 11 is 1.66. The molecule has 0 bridgehead atoms. The van der Waals surface area contributed by atoms with E-state index in [9.17, 15) is 9.59 Å². The van der Waals surface area contributed by atoms with Crippen molar-refractivity contribution in [2.75, 3.05) is 23.0 Å². The molecule has 1 fully saturated rings. The molecule has 0 aliphatic carbocycles. The third-order valence-electron chi connectivity index (χ3n) is 6.74. The number of hydrogen-bond donors (Lipinski definition) is 1. The van der Waals surface area contributed by atoms with Crippen LogP contribution in [0.5, 0.6) is 0 Å². The summed E-state index contributed by atoms with van der Waals surface area (Å²) in [5.74, 6) is 1.35. The van der Waals surface area contributed by atoms with Crippen LogP contribution in [-0.4, -0.2) is 39.4 Å². The number of amides is 2. The lowest BCUT2D eigenvalue weighted by Gasteiger charge is -2.17. The summed E-state index contributed by atoms with van der Waals surface area (Å²) in [6.45, 7) is 3.29. The van der Waals surface area contributed by atoms with Crippen molar-refractivity contribution < 1.29 is 9.59 Å². The van der Waals surface area contributed by atoms with Gasteiger partial charge in [0.15, 0.2) is 5.82 Å². The second-order valence-electron chi connectivity index (χ2n) is 9.02. The zero-order valence-electron chi connectivity index (χ0n) is 19.6. The van der Waals surface area contributed by atoms with Gasteiger partial charge in [0.2, 0.25) is 11.8 Å². The second kappa shape index (κ2) is 9.62. The van der Waals surface area contributed by atoms with Crippen LogP contribution in [0.4, 0.5) is 11.4 Å². The van der Waals surface area contributed by atoms with Gasteiger partial charge in [-0.25, -0.2) is 0 Å². The van der Waals surface area contributed by atoms with Crippen molar-refractivity contribution in [3.05, 3.63) is 53.9 Å². The van der Waals surface area contributed by atoms with Crippen LogP contribution in [-0.2, 0) is 22.6 Å².